The fourth-order valence-corrected chi connectivity index (χ4v) is 5.02. The summed E-state index contributed by atoms with van der Waals surface area (Å²) in [5.74, 6) is -1.31. The van der Waals surface area contributed by atoms with Gasteiger partial charge in [-0.2, -0.15) is 0 Å². The van der Waals surface area contributed by atoms with E-state index in [0.717, 1.165) is 10.8 Å². The highest BCUT2D eigenvalue weighted by Gasteiger charge is 2.67. The quantitative estimate of drug-likeness (QED) is 0.541. The van der Waals surface area contributed by atoms with E-state index in [1.54, 1.807) is 48.5 Å². The molecule has 0 aliphatic heterocycles. The lowest BCUT2D eigenvalue weighted by atomic mass is 9.72. The van der Waals surface area contributed by atoms with Crippen molar-refractivity contribution in [3.63, 3.8) is 0 Å². The summed E-state index contributed by atoms with van der Waals surface area (Å²) in [6, 6.07) is 20.8. The molecule has 4 aromatic carbocycles. The van der Waals surface area contributed by atoms with Gasteiger partial charge in [0.2, 0.25) is 11.6 Å². The second kappa shape index (κ2) is 4.73. The first-order chi connectivity index (χ1) is 13.5. The molecule has 0 heterocycles. The van der Waals surface area contributed by atoms with Crippen LogP contribution in [0, 0.1) is 0 Å². The van der Waals surface area contributed by atoms with Crippen LogP contribution in [0.2, 0.25) is 0 Å². The van der Waals surface area contributed by atoms with Gasteiger partial charge in [0.05, 0.1) is 0 Å². The molecule has 0 spiro atoms. The van der Waals surface area contributed by atoms with Gasteiger partial charge in [-0.3, -0.25) is 9.59 Å². The van der Waals surface area contributed by atoms with E-state index in [9.17, 15) is 19.8 Å². The number of ketones is 2. The van der Waals surface area contributed by atoms with Gasteiger partial charge in [0.1, 0.15) is 0 Å². The number of Topliss-reactive ketones (excluding diaryl/α,β-unsaturated/α-hetero) is 2. The Morgan fingerprint density at radius 3 is 1.29 bits per heavy atom. The molecule has 0 radical (unpaired) electrons. The molecule has 0 bridgehead atoms. The monoisotopic (exact) mass is 366 g/mol. The summed E-state index contributed by atoms with van der Waals surface area (Å²) in [5.41, 5.74) is -3.60. The molecule has 4 heteroatoms. The maximum atomic E-state index is 13.4. The Bertz CT molecular complexity index is 1270. The summed E-state index contributed by atoms with van der Waals surface area (Å²) in [6.45, 7) is 0. The Kier molecular flexibility index (Phi) is 2.65. The van der Waals surface area contributed by atoms with E-state index >= 15 is 0 Å². The van der Waals surface area contributed by atoms with Gasteiger partial charge in [0.25, 0.3) is 0 Å². The normalized spacial score (nSPS) is 25.2. The highest BCUT2D eigenvalue weighted by molar-refractivity contribution is 6.27. The molecule has 2 aliphatic carbocycles. The average Bonchev–Trinajstić information content (AvgIpc) is 3.10. The minimum Gasteiger partial charge on any atom is -0.374 e. The van der Waals surface area contributed by atoms with Crippen LogP contribution in [0.5, 0.6) is 0 Å². The molecule has 2 atom stereocenters. The third kappa shape index (κ3) is 1.45. The molecule has 28 heavy (non-hydrogen) atoms. The van der Waals surface area contributed by atoms with E-state index in [1.807, 2.05) is 24.3 Å². The summed E-state index contributed by atoms with van der Waals surface area (Å²) in [5, 5.41) is 26.4. The molecule has 2 N–H and O–H groups in total. The molecule has 2 unspecified atom stereocenters. The minimum atomic E-state index is -2.39. The Hall–Kier alpha value is -3.34. The third-order valence-electron chi connectivity index (χ3n) is 6.26. The Balaban J connectivity index is 1.75. The van der Waals surface area contributed by atoms with Crippen LogP contribution < -0.4 is 0 Å². The summed E-state index contributed by atoms with van der Waals surface area (Å²) >= 11 is 0. The van der Waals surface area contributed by atoms with Crippen LogP contribution in [0.3, 0.4) is 0 Å². The van der Waals surface area contributed by atoms with Crippen LogP contribution in [0.1, 0.15) is 31.8 Å². The van der Waals surface area contributed by atoms with Crippen molar-refractivity contribution in [3.8, 4) is 0 Å². The molecular formula is C24H14O4. The predicted molar refractivity (Wildman–Crippen MR) is 104 cm³/mol. The summed E-state index contributed by atoms with van der Waals surface area (Å²) < 4.78 is 0. The lowest BCUT2D eigenvalue weighted by Gasteiger charge is -2.37. The van der Waals surface area contributed by atoms with Crippen LogP contribution >= 0.6 is 0 Å². The topological polar surface area (TPSA) is 74.6 Å². The summed E-state index contributed by atoms with van der Waals surface area (Å²) in [6.07, 6.45) is 0. The molecule has 134 valence electrons. The highest BCUT2D eigenvalue weighted by Crippen LogP contribution is 2.55. The van der Waals surface area contributed by atoms with Crippen molar-refractivity contribution in [2.45, 2.75) is 11.2 Å². The summed E-state index contributed by atoms with van der Waals surface area (Å²) in [4.78, 5) is 26.9. The SMILES string of the molecule is O=C1c2cccc3cccc(c23)C1(O)C1(O)C(=O)c2cccc3cccc1c23. The van der Waals surface area contributed by atoms with E-state index in [2.05, 4.69) is 0 Å². The van der Waals surface area contributed by atoms with Crippen molar-refractivity contribution < 1.29 is 19.8 Å². The number of aliphatic hydroxyl groups is 2. The number of hydrogen-bond acceptors (Lipinski definition) is 4. The minimum absolute atomic E-state index is 0.270. The molecule has 0 saturated heterocycles. The van der Waals surface area contributed by atoms with Crippen molar-refractivity contribution >= 4 is 33.1 Å². The maximum absolute atomic E-state index is 13.4. The highest BCUT2D eigenvalue weighted by atomic mass is 16.4. The van der Waals surface area contributed by atoms with Crippen molar-refractivity contribution in [1.82, 2.24) is 0 Å². The van der Waals surface area contributed by atoms with E-state index in [-0.39, 0.29) is 11.1 Å². The van der Waals surface area contributed by atoms with E-state index in [0.29, 0.717) is 21.9 Å². The predicted octanol–water partition coefficient (Wildman–Crippen LogP) is 3.46. The van der Waals surface area contributed by atoms with Crippen LogP contribution in [-0.4, -0.2) is 21.8 Å². The zero-order chi connectivity index (χ0) is 19.3. The number of rotatable bonds is 1. The van der Waals surface area contributed by atoms with Gasteiger partial charge in [-0.1, -0.05) is 72.8 Å². The number of carbonyl (C=O) groups is 2. The standard InChI is InChI=1S/C24H14O4/c25-21-15-9-1-5-13-7-3-11-17(19(13)15)23(21,27)24(28)18-12-4-8-14-6-2-10-16(20(14)18)22(24)26/h1-12,27-28H. The molecule has 0 fully saturated rings. The van der Waals surface area contributed by atoms with Gasteiger partial charge < -0.3 is 10.2 Å². The van der Waals surface area contributed by atoms with Crippen molar-refractivity contribution in [1.29, 1.82) is 0 Å². The molecule has 2 aliphatic rings. The van der Waals surface area contributed by atoms with Gasteiger partial charge in [0.15, 0.2) is 11.2 Å². The fourth-order valence-electron chi connectivity index (χ4n) is 5.02. The third-order valence-corrected chi connectivity index (χ3v) is 6.26. The Morgan fingerprint density at radius 2 is 0.893 bits per heavy atom. The zero-order valence-electron chi connectivity index (χ0n) is 14.6. The summed E-state index contributed by atoms with van der Waals surface area (Å²) in [7, 11) is 0. The molecule has 4 aromatic rings. The van der Waals surface area contributed by atoms with E-state index in [1.165, 1.54) is 0 Å². The largest absolute Gasteiger partial charge is 0.374 e. The van der Waals surface area contributed by atoms with Crippen LogP contribution in [0.15, 0.2) is 72.8 Å². The van der Waals surface area contributed by atoms with Crippen LogP contribution in [-0.2, 0) is 11.2 Å². The molecule has 4 nitrogen and oxygen atoms in total. The van der Waals surface area contributed by atoms with Gasteiger partial charge in [-0.05, 0) is 21.5 Å². The Morgan fingerprint density at radius 1 is 0.536 bits per heavy atom. The molecule has 6 rings (SSSR count). The zero-order valence-corrected chi connectivity index (χ0v) is 14.6. The molecule has 0 aromatic heterocycles. The lowest BCUT2D eigenvalue weighted by molar-refractivity contribution is -0.104. The smallest absolute Gasteiger partial charge is 0.203 e. The fraction of sp³-hybridized carbons (Fsp3) is 0.0833. The van der Waals surface area contributed by atoms with Crippen LogP contribution in [0.25, 0.3) is 21.5 Å². The molecule has 0 saturated carbocycles. The average molecular weight is 366 g/mol. The molecular weight excluding hydrogens is 352 g/mol. The van der Waals surface area contributed by atoms with Gasteiger partial charge >= 0.3 is 0 Å². The lowest BCUT2D eigenvalue weighted by Crippen LogP contribution is -2.56. The number of carbonyl (C=O) groups excluding carboxylic acids is 2. The Labute approximate surface area is 159 Å². The van der Waals surface area contributed by atoms with Crippen LogP contribution in [0.4, 0.5) is 0 Å². The second-order valence-corrected chi connectivity index (χ2v) is 7.50. The van der Waals surface area contributed by atoms with E-state index in [4.69, 9.17) is 0 Å². The van der Waals surface area contributed by atoms with Gasteiger partial charge in [-0.15, -0.1) is 0 Å². The van der Waals surface area contributed by atoms with Crippen molar-refractivity contribution in [2.24, 2.45) is 0 Å². The van der Waals surface area contributed by atoms with Crippen molar-refractivity contribution in [2.75, 3.05) is 0 Å². The number of benzene rings is 4. The second-order valence-electron chi connectivity index (χ2n) is 7.50. The first-order valence-electron chi connectivity index (χ1n) is 9.08. The van der Waals surface area contributed by atoms with Crippen molar-refractivity contribution in [3.05, 3.63) is 95.1 Å². The molecule has 0 amide bonds. The van der Waals surface area contributed by atoms with Gasteiger partial charge in [0, 0.05) is 22.3 Å². The van der Waals surface area contributed by atoms with Gasteiger partial charge in [-0.25, -0.2) is 0 Å². The van der Waals surface area contributed by atoms with E-state index < -0.39 is 22.8 Å². The first-order valence-corrected chi connectivity index (χ1v) is 9.08. The first kappa shape index (κ1) is 15.7. The maximum Gasteiger partial charge on any atom is 0.203 e. The number of hydrogen-bond donors (Lipinski definition) is 2.